The molecule has 124 valence electrons. The predicted molar refractivity (Wildman–Crippen MR) is 91.5 cm³/mol. The van der Waals surface area contributed by atoms with Crippen LogP contribution in [-0.4, -0.2) is 16.0 Å². The second-order valence-corrected chi connectivity index (χ2v) is 5.64. The van der Waals surface area contributed by atoms with Gasteiger partial charge in [0.2, 0.25) is 5.91 Å². The molecule has 0 unspecified atom stereocenters. The molecule has 0 fully saturated rings. The summed E-state index contributed by atoms with van der Waals surface area (Å²) >= 11 is 0. The van der Waals surface area contributed by atoms with E-state index in [1.54, 1.807) is 18.7 Å². The molecule has 0 aliphatic carbocycles. The van der Waals surface area contributed by atoms with Crippen LogP contribution in [0.15, 0.2) is 70.1 Å². The number of carbonyl (C=O) groups excluding carboxylic acids is 1. The molecule has 4 rings (SSSR count). The smallest absolute Gasteiger partial charge is 0.226 e. The number of para-hydroxylation sites is 1. The lowest BCUT2D eigenvalue weighted by molar-refractivity contribution is -0.120. The second-order valence-electron chi connectivity index (χ2n) is 5.64. The molecule has 1 aromatic carbocycles. The van der Waals surface area contributed by atoms with Gasteiger partial charge in [0.1, 0.15) is 5.69 Å². The minimum Gasteiger partial charge on any atom is -0.472 e. The van der Waals surface area contributed by atoms with Crippen molar-refractivity contribution in [2.75, 3.05) is 0 Å². The molecule has 0 atom stereocenters. The fourth-order valence-electron chi connectivity index (χ4n) is 2.59. The number of nitrogens with one attached hydrogen (secondary N) is 1. The molecule has 1 amide bonds. The van der Waals surface area contributed by atoms with Gasteiger partial charge in [-0.3, -0.25) is 9.78 Å². The maximum atomic E-state index is 12.2. The number of hydrogen-bond donors (Lipinski definition) is 1. The van der Waals surface area contributed by atoms with Crippen LogP contribution in [0.3, 0.4) is 0 Å². The van der Waals surface area contributed by atoms with E-state index < -0.39 is 0 Å². The maximum Gasteiger partial charge on any atom is 0.226 e. The van der Waals surface area contributed by atoms with Gasteiger partial charge < -0.3 is 14.3 Å². The number of aromatic nitrogens is 2. The van der Waals surface area contributed by atoms with Crippen molar-refractivity contribution in [1.29, 1.82) is 0 Å². The third-order valence-corrected chi connectivity index (χ3v) is 3.91. The van der Waals surface area contributed by atoms with Crippen molar-refractivity contribution < 1.29 is 13.7 Å². The second kappa shape index (κ2) is 6.60. The van der Waals surface area contributed by atoms with Crippen molar-refractivity contribution in [2.45, 2.75) is 13.0 Å². The van der Waals surface area contributed by atoms with E-state index in [2.05, 4.69) is 15.5 Å². The summed E-state index contributed by atoms with van der Waals surface area (Å²) in [5, 5.41) is 7.71. The number of pyridine rings is 1. The fourth-order valence-corrected chi connectivity index (χ4v) is 2.59. The molecule has 0 saturated carbocycles. The van der Waals surface area contributed by atoms with Crippen LogP contribution in [0, 0.1) is 0 Å². The molecule has 25 heavy (non-hydrogen) atoms. The number of rotatable bonds is 5. The Labute approximate surface area is 143 Å². The summed E-state index contributed by atoms with van der Waals surface area (Å²) < 4.78 is 10.3. The van der Waals surface area contributed by atoms with Crippen molar-refractivity contribution in [1.82, 2.24) is 15.5 Å². The zero-order valence-electron chi connectivity index (χ0n) is 13.3. The van der Waals surface area contributed by atoms with Gasteiger partial charge in [-0.1, -0.05) is 23.4 Å². The van der Waals surface area contributed by atoms with Crippen LogP contribution in [0.25, 0.3) is 22.2 Å². The number of carbonyl (C=O) groups is 1. The van der Waals surface area contributed by atoms with Crippen molar-refractivity contribution in [3.63, 3.8) is 0 Å². The number of hydrogen-bond acceptors (Lipinski definition) is 5. The molecule has 0 aliphatic heterocycles. The molecule has 6 heteroatoms. The lowest BCUT2D eigenvalue weighted by atomic mass is 10.1. The Morgan fingerprint density at radius 3 is 2.84 bits per heavy atom. The Morgan fingerprint density at radius 1 is 1.12 bits per heavy atom. The minimum atomic E-state index is -0.113. The molecule has 4 aromatic rings. The standard InChI is InChI=1S/C19H15N3O3/c23-19(9-17-15-3-1-2-4-18(15)25-22-17)21-11-13-5-6-16(20-10-13)14-7-8-24-12-14/h1-8,10,12H,9,11H2,(H,21,23). The summed E-state index contributed by atoms with van der Waals surface area (Å²) in [6, 6.07) is 13.2. The van der Waals surface area contributed by atoms with Crippen LogP contribution in [0.2, 0.25) is 0 Å². The van der Waals surface area contributed by atoms with Crippen LogP contribution >= 0.6 is 0 Å². The van der Waals surface area contributed by atoms with Crippen molar-refractivity contribution in [2.24, 2.45) is 0 Å². The number of benzene rings is 1. The topological polar surface area (TPSA) is 81.2 Å². The minimum absolute atomic E-state index is 0.113. The van der Waals surface area contributed by atoms with Gasteiger partial charge in [0.05, 0.1) is 24.6 Å². The molecule has 0 aliphatic rings. The summed E-state index contributed by atoms with van der Waals surface area (Å²) in [4.78, 5) is 16.5. The third kappa shape index (κ3) is 3.28. The van der Waals surface area contributed by atoms with Crippen molar-refractivity contribution in [3.05, 3.63) is 72.4 Å². The highest BCUT2D eigenvalue weighted by atomic mass is 16.5. The summed E-state index contributed by atoms with van der Waals surface area (Å²) in [7, 11) is 0. The van der Waals surface area contributed by atoms with Crippen molar-refractivity contribution in [3.8, 4) is 11.3 Å². The molecule has 0 spiro atoms. The van der Waals surface area contributed by atoms with Crippen LogP contribution in [0.5, 0.6) is 0 Å². The average molecular weight is 333 g/mol. The van der Waals surface area contributed by atoms with Gasteiger partial charge in [-0.2, -0.15) is 0 Å². The highest BCUT2D eigenvalue weighted by molar-refractivity contribution is 5.86. The molecule has 0 saturated heterocycles. The van der Waals surface area contributed by atoms with Gasteiger partial charge in [0.25, 0.3) is 0 Å². The Bertz CT molecular complexity index is 988. The zero-order valence-corrected chi connectivity index (χ0v) is 13.3. The quantitative estimate of drug-likeness (QED) is 0.606. The first-order chi connectivity index (χ1) is 12.3. The first-order valence-corrected chi connectivity index (χ1v) is 7.87. The van der Waals surface area contributed by atoms with Gasteiger partial charge >= 0.3 is 0 Å². The van der Waals surface area contributed by atoms with Gasteiger partial charge in [0, 0.05) is 23.7 Å². The van der Waals surface area contributed by atoms with Crippen LogP contribution in [0.4, 0.5) is 0 Å². The lowest BCUT2D eigenvalue weighted by Gasteiger charge is -2.05. The molecule has 0 bridgehead atoms. The molecule has 6 nitrogen and oxygen atoms in total. The average Bonchev–Trinajstić information content (AvgIpc) is 3.31. The van der Waals surface area contributed by atoms with Gasteiger partial charge in [0.15, 0.2) is 5.58 Å². The maximum absolute atomic E-state index is 12.2. The van der Waals surface area contributed by atoms with Gasteiger partial charge in [-0.15, -0.1) is 0 Å². The van der Waals surface area contributed by atoms with E-state index in [-0.39, 0.29) is 12.3 Å². The molecule has 3 heterocycles. The van der Waals surface area contributed by atoms with Gasteiger partial charge in [-0.25, -0.2) is 0 Å². The SMILES string of the molecule is O=C(Cc1noc2ccccc12)NCc1ccc(-c2ccoc2)nc1. The monoisotopic (exact) mass is 333 g/mol. The summed E-state index contributed by atoms with van der Waals surface area (Å²) in [6.45, 7) is 0.410. The molecule has 1 N–H and O–H groups in total. The van der Waals surface area contributed by atoms with E-state index in [0.717, 1.165) is 22.2 Å². The molecular weight excluding hydrogens is 318 g/mol. The van der Waals surface area contributed by atoms with Crippen LogP contribution in [-0.2, 0) is 17.8 Å². The van der Waals surface area contributed by atoms with Crippen molar-refractivity contribution >= 4 is 16.9 Å². The van der Waals surface area contributed by atoms with Crippen LogP contribution < -0.4 is 5.32 Å². The highest BCUT2D eigenvalue weighted by Gasteiger charge is 2.12. The van der Waals surface area contributed by atoms with Crippen LogP contribution in [0.1, 0.15) is 11.3 Å². The highest BCUT2D eigenvalue weighted by Crippen LogP contribution is 2.18. The Morgan fingerprint density at radius 2 is 2.04 bits per heavy atom. The lowest BCUT2D eigenvalue weighted by Crippen LogP contribution is -2.24. The number of furan rings is 1. The van der Waals surface area contributed by atoms with E-state index in [0.29, 0.717) is 17.8 Å². The molecule has 0 radical (unpaired) electrons. The normalized spacial score (nSPS) is 10.9. The predicted octanol–water partition coefficient (Wildman–Crippen LogP) is 3.34. The number of nitrogens with zero attached hydrogens (tertiary/aromatic N) is 2. The van der Waals surface area contributed by atoms with E-state index in [1.807, 2.05) is 42.5 Å². The van der Waals surface area contributed by atoms with E-state index >= 15 is 0 Å². The van der Waals surface area contributed by atoms with E-state index in [1.165, 1.54) is 0 Å². The summed E-state index contributed by atoms with van der Waals surface area (Å²) in [5.74, 6) is -0.113. The first-order valence-electron chi connectivity index (χ1n) is 7.87. The molecular formula is C19H15N3O3. The van der Waals surface area contributed by atoms with E-state index in [9.17, 15) is 4.79 Å². The third-order valence-electron chi connectivity index (χ3n) is 3.91. The summed E-state index contributed by atoms with van der Waals surface area (Å²) in [6.07, 6.45) is 5.18. The first kappa shape index (κ1) is 15.1. The Balaban J connectivity index is 1.37. The summed E-state index contributed by atoms with van der Waals surface area (Å²) in [5.41, 5.74) is 4.00. The Kier molecular flexibility index (Phi) is 4.00. The zero-order chi connectivity index (χ0) is 17.1. The number of amides is 1. The number of fused-ring (bicyclic) bond motifs is 1. The molecule has 3 aromatic heterocycles. The Hall–Kier alpha value is -3.41. The van der Waals surface area contributed by atoms with E-state index in [4.69, 9.17) is 8.94 Å². The largest absolute Gasteiger partial charge is 0.472 e. The van der Waals surface area contributed by atoms with Gasteiger partial charge in [-0.05, 0) is 29.8 Å². The fraction of sp³-hybridized carbons (Fsp3) is 0.105.